The van der Waals surface area contributed by atoms with Gasteiger partial charge in [-0.1, -0.05) is 24.3 Å². The lowest BCUT2D eigenvalue weighted by Crippen LogP contribution is -2.36. The van der Waals surface area contributed by atoms with E-state index >= 15 is 0 Å². The topological polar surface area (TPSA) is 71.5 Å². The summed E-state index contributed by atoms with van der Waals surface area (Å²) in [5.74, 6) is -0.575. The maximum absolute atomic E-state index is 12.1. The monoisotopic (exact) mass is 287 g/mol. The average Bonchev–Trinajstić information content (AvgIpc) is 2.72. The molecule has 0 unspecified atom stereocenters. The molecular formula is C11H13NO4S2. The first kappa shape index (κ1) is 13.1. The highest BCUT2D eigenvalue weighted by Gasteiger charge is 2.38. The fourth-order valence-electron chi connectivity index (χ4n) is 1.91. The Balaban J connectivity index is 2.49. The zero-order valence-corrected chi connectivity index (χ0v) is 11.2. The maximum atomic E-state index is 12.1. The van der Waals surface area contributed by atoms with Gasteiger partial charge in [-0.15, -0.1) is 6.58 Å². The van der Waals surface area contributed by atoms with E-state index in [0.717, 1.165) is 15.9 Å². The average molecular weight is 287 g/mol. The van der Waals surface area contributed by atoms with Gasteiger partial charge in [-0.2, -0.15) is 8.42 Å². The highest BCUT2D eigenvalue weighted by molar-refractivity contribution is 8.67. The van der Waals surface area contributed by atoms with Crippen molar-refractivity contribution < 1.29 is 16.8 Å². The minimum atomic E-state index is -4.38. The van der Waals surface area contributed by atoms with Gasteiger partial charge in [0.05, 0.1) is 11.4 Å². The third kappa shape index (κ3) is 1.93. The van der Waals surface area contributed by atoms with Crippen LogP contribution in [0.1, 0.15) is 5.56 Å². The van der Waals surface area contributed by atoms with Gasteiger partial charge in [-0.3, -0.25) is 4.31 Å². The van der Waals surface area contributed by atoms with Gasteiger partial charge >= 0.3 is 9.06 Å². The lowest BCUT2D eigenvalue weighted by atomic mass is 10.2. The summed E-state index contributed by atoms with van der Waals surface area (Å²) < 4.78 is 48.7. The number of hydrogen-bond acceptors (Lipinski definition) is 4. The fourth-order valence-corrected chi connectivity index (χ4v) is 5.47. The molecule has 1 heterocycles. The summed E-state index contributed by atoms with van der Waals surface area (Å²) in [4.78, 5) is 0. The molecule has 7 heteroatoms. The number of benzene rings is 1. The highest BCUT2D eigenvalue weighted by Crippen LogP contribution is 2.31. The summed E-state index contributed by atoms with van der Waals surface area (Å²) in [6.45, 7) is 3.43. The van der Waals surface area contributed by atoms with E-state index in [0.29, 0.717) is 12.1 Å². The standard InChI is InChI=1S/C11H13NO4S2/c1-2-9-17(13,14)18(15,16)12-8-7-10-5-3-4-6-11(10)12/h2-6H,1,7-9H2. The van der Waals surface area contributed by atoms with Crippen LogP contribution in [-0.4, -0.2) is 29.1 Å². The molecule has 0 aliphatic carbocycles. The van der Waals surface area contributed by atoms with E-state index in [-0.39, 0.29) is 6.54 Å². The Morgan fingerprint density at radius 3 is 2.56 bits per heavy atom. The second-order valence-electron chi connectivity index (χ2n) is 3.92. The summed E-state index contributed by atoms with van der Waals surface area (Å²) in [6.07, 6.45) is 1.61. The molecular weight excluding hydrogens is 274 g/mol. The van der Waals surface area contributed by atoms with Crippen molar-refractivity contribution in [2.24, 2.45) is 0 Å². The molecule has 18 heavy (non-hydrogen) atoms. The molecule has 0 N–H and O–H groups in total. The second-order valence-corrected chi connectivity index (χ2v) is 9.45. The normalized spacial score (nSPS) is 15.4. The van der Waals surface area contributed by atoms with E-state index in [1.807, 2.05) is 0 Å². The van der Waals surface area contributed by atoms with Gasteiger partial charge in [0.1, 0.15) is 0 Å². The van der Waals surface area contributed by atoms with Crippen LogP contribution < -0.4 is 4.31 Å². The van der Waals surface area contributed by atoms with Crippen molar-refractivity contribution in [1.29, 1.82) is 0 Å². The van der Waals surface area contributed by atoms with Crippen LogP contribution >= 0.6 is 0 Å². The molecule has 1 aromatic carbocycles. The third-order valence-electron chi connectivity index (χ3n) is 2.76. The summed E-state index contributed by atoms with van der Waals surface area (Å²) in [5, 5.41) is 0. The molecule has 0 spiro atoms. The van der Waals surface area contributed by atoms with Gasteiger partial charge in [-0.25, -0.2) is 8.42 Å². The number of para-hydroxylation sites is 1. The molecule has 0 saturated carbocycles. The van der Waals surface area contributed by atoms with Crippen LogP contribution in [0.5, 0.6) is 0 Å². The summed E-state index contributed by atoms with van der Waals surface area (Å²) in [6, 6.07) is 6.90. The SMILES string of the molecule is C=CCS(=O)(=O)S(=O)(=O)N1CCc2ccccc21. The summed E-state index contributed by atoms with van der Waals surface area (Å²) in [5.41, 5.74) is 1.29. The molecule has 2 rings (SSSR count). The van der Waals surface area contributed by atoms with E-state index in [2.05, 4.69) is 6.58 Å². The molecule has 1 aromatic rings. The van der Waals surface area contributed by atoms with Crippen LogP contribution in [0.4, 0.5) is 5.69 Å². The van der Waals surface area contributed by atoms with Crippen molar-refractivity contribution in [3.05, 3.63) is 42.5 Å². The Morgan fingerprint density at radius 2 is 1.89 bits per heavy atom. The number of rotatable bonds is 4. The van der Waals surface area contributed by atoms with Gasteiger partial charge in [0.2, 0.25) is 0 Å². The number of fused-ring (bicyclic) bond motifs is 1. The van der Waals surface area contributed by atoms with E-state index in [1.54, 1.807) is 24.3 Å². The highest BCUT2D eigenvalue weighted by atomic mass is 33.2. The minimum absolute atomic E-state index is 0.165. The Kier molecular flexibility index (Phi) is 3.20. The first-order valence-corrected chi connectivity index (χ1v) is 8.95. The lowest BCUT2D eigenvalue weighted by molar-refractivity contribution is 0.582. The van der Waals surface area contributed by atoms with Crippen molar-refractivity contribution >= 4 is 23.6 Å². The molecule has 0 saturated heterocycles. The molecule has 1 aliphatic heterocycles. The van der Waals surface area contributed by atoms with Crippen LogP contribution in [-0.2, 0) is 24.3 Å². The molecule has 0 atom stereocenters. The van der Waals surface area contributed by atoms with Crippen molar-refractivity contribution in [1.82, 2.24) is 0 Å². The van der Waals surface area contributed by atoms with Gasteiger partial charge in [-0.05, 0) is 18.1 Å². The Bertz CT molecular complexity index is 677. The zero-order chi connectivity index (χ0) is 13.4. The van der Waals surface area contributed by atoms with Crippen molar-refractivity contribution in [2.75, 3.05) is 16.6 Å². The fraction of sp³-hybridized carbons (Fsp3) is 0.273. The van der Waals surface area contributed by atoms with Crippen LogP contribution in [0.3, 0.4) is 0 Å². The number of nitrogens with zero attached hydrogens (tertiary/aromatic N) is 1. The first-order valence-electron chi connectivity index (χ1n) is 5.34. The third-order valence-corrected chi connectivity index (χ3v) is 7.84. The maximum Gasteiger partial charge on any atom is 0.341 e. The van der Waals surface area contributed by atoms with Crippen molar-refractivity contribution in [3.63, 3.8) is 0 Å². The number of anilines is 1. The predicted molar refractivity (Wildman–Crippen MR) is 70.4 cm³/mol. The van der Waals surface area contributed by atoms with E-state index in [4.69, 9.17) is 0 Å². The molecule has 1 aliphatic rings. The molecule has 0 fully saturated rings. The molecule has 0 aromatic heterocycles. The number of hydrogen-bond donors (Lipinski definition) is 0. The lowest BCUT2D eigenvalue weighted by Gasteiger charge is -2.18. The van der Waals surface area contributed by atoms with Gasteiger partial charge in [0.25, 0.3) is 8.87 Å². The summed E-state index contributed by atoms with van der Waals surface area (Å²) in [7, 11) is -8.64. The van der Waals surface area contributed by atoms with Crippen LogP contribution in [0, 0.1) is 0 Å². The van der Waals surface area contributed by atoms with Gasteiger partial charge in [0, 0.05) is 6.54 Å². The predicted octanol–water partition coefficient (Wildman–Crippen LogP) is 0.895. The van der Waals surface area contributed by atoms with E-state index < -0.39 is 23.7 Å². The van der Waals surface area contributed by atoms with Crippen molar-refractivity contribution in [2.45, 2.75) is 6.42 Å². The molecule has 0 amide bonds. The van der Waals surface area contributed by atoms with Gasteiger partial charge in [0.15, 0.2) is 0 Å². The Morgan fingerprint density at radius 1 is 1.22 bits per heavy atom. The molecule has 0 radical (unpaired) electrons. The zero-order valence-electron chi connectivity index (χ0n) is 9.61. The van der Waals surface area contributed by atoms with Crippen molar-refractivity contribution in [3.8, 4) is 0 Å². The quantitative estimate of drug-likeness (QED) is 0.609. The van der Waals surface area contributed by atoms with E-state index in [9.17, 15) is 16.8 Å². The van der Waals surface area contributed by atoms with Crippen LogP contribution in [0.2, 0.25) is 0 Å². The Hall–Kier alpha value is -1.34. The largest absolute Gasteiger partial charge is 0.341 e. The smallest absolute Gasteiger partial charge is 0.257 e. The first-order chi connectivity index (χ1) is 8.40. The molecule has 0 bridgehead atoms. The second kappa shape index (κ2) is 4.40. The molecule has 5 nitrogen and oxygen atoms in total. The molecule has 98 valence electrons. The van der Waals surface area contributed by atoms with Gasteiger partial charge < -0.3 is 0 Å². The minimum Gasteiger partial charge on any atom is -0.257 e. The van der Waals surface area contributed by atoms with E-state index in [1.165, 1.54) is 0 Å². The summed E-state index contributed by atoms with van der Waals surface area (Å²) >= 11 is 0. The Labute approximate surface area is 106 Å². The van der Waals surface area contributed by atoms with Crippen LogP contribution in [0.15, 0.2) is 36.9 Å². The van der Waals surface area contributed by atoms with Crippen LogP contribution in [0.25, 0.3) is 0 Å².